The number of aliphatic imine (C=N–C) groups is 1. The maximum atomic E-state index is 10.3. The third kappa shape index (κ3) is 3.03. The van der Waals surface area contributed by atoms with Gasteiger partial charge < -0.3 is 9.52 Å². The van der Waals surface area contributed by atoms with E-state index in [1.54, 1.807) is 17.0 Å². The number of aromatic nitrogens is 1. The number of thiazole rings is 1. The molecule has 6 heteroatoms. The number of para-hydroxylation sites is 1. The van der Waals surface area contributed by atoms with Crippen molar-refractivity contribution in [2.45, 2.75) is 13.5 Å². The zero-order chi connectivity index (χ0) is 15.5. The van der Waals surface area contributed by atoms with E-state index < -0.39 is 0 Å². The minimum absolute atomic E-state index is 0.115. The van der Waals surface area contributed by atoms with Crippen LogP contribution in [0.25, 0.3) is 0 Å². The number of nitrogens with zero attached hydrogens (tertiary/aromatic N) is 2. The highest BCUT2D eigenvalue weighted by atomic mass is 32.1. The van der Waals surface area contributed by atoms with Crippen molar-refractivity contribution in [3.05, 3.63) is 62.8 Å². The van der Waals surface area contributed by atoms with Gasteiger partial charge in [0.2, 0.25) is 5.88 Å². The van der Waals surface area contributed by atoms with Crippen LogP contribution >= 0.6 is 23.6 Å². The first-order chi connectivity index (χ1) is 10.6. The molecule has 0 aliphatic rings. The average Bonchev–Trinajstić information content (AvgIpc) is 3.10. The van der Waals surface area contributed by atoms with E-state index in [0.29, 0.717) is 15.4 Å². The molecular formula is C16H14N2O2S2. The number of rotatable bonds is 4. The Bertz CT molecular complexity index is 861. The minimum Gasteiger partial charge on any atom is -0.493 e. The fourth-order valence-corrected chi connectivity index (χ4v) is 3.21. The molecule has 0 spiro atoms. The second kappa shape index (κ2) is 6.29. The van der Waals surface area contributed by atoms with E-state index in [1.807, 2.05) is 43.3 Å². The molecule has 0 saturated carbocycles. The van der Waals surface area contributed by atoms with E-state index >= 15 is 0 Å². The van der Waals surface area contributed by atoms with E-state index in [2.05, 4.69) is 4.99 Å². The predicted octanol–water partition coefficient (Wildman–Crippen LogP) is 4.69. The van der Waals surface area contributed by atoms with Gasteiger partial charge in [-0.05, 0) is 42.9 Å². The lowest BCUT2D eigenvalue weighted by molar-refractivity contribution is 0.407. The highest BCUT2D eigenvalue weighted by Crippen LogP contribution is 2.26. The molecule has 3 aromatic rings. The number of hydrogen-bond donors (Lipinski definition) is 1. The van der Waals surface area contributed by atoms with Gasteiger partial charge in [-0.25, -0.2) is 0 Å². The van der Waals surface area contributed by atoms with Gasteiger partial charge in [-0.15, -0.1) is 0 Å². The summed E-state index contributed by atoms with van der Waals surface area (Å²) in [7, 11) is 0. The summed E-state index contributed by atoms with van der Waals surface area (Å²) in [5, 5.41) is 10.3. The average molecular weight is 330 g/mol. The Hall–Kier alpha value is -2.18. The second-order valence-corrected chi connectivity index (χ2v) is 6.44. The molecule has 22 heavy (non-hydrogen) atoms. The minimum atomic E-state index is 0.115. The Balaban J connectivity index is 1.90. The zero-order valence-corrected chi connectivity index (χ0v) is 13.5. The maximum absolute atomic E-state index is 10.3. The molecule has 0 radical (unpaired) electrons. The number of aromatic hydroxyl groups is 1. The molecule has 0 saturated heterocycles. The van der Waals surface area contributed by atoms with E-state index in [4.69, 9.17) is 16.6 Å². The van der Waals surface area contributed by atoms with Gasteiger partial charge in [-0.1, -0.05) is 29.5 Å². The molecule has 0 unspecified atom stereocenters. The quantitative estimate of drug-likeness (QED) is 0.558. The SMILES string of the molecule is Cc1ccccc1N=Cc1sc(=S)n(Cc2ccco2)c1O. The lowest BCUT2D eigenvalue weighted by Crippen LogP contribution is -1.97. The molecule has 3 rings (SSSR count). The Morgan fingerprint density at radius 1 is 1.32 bits per heavy atom. The Morgan fingerprint density at radius 2 is 2.14 bits per heavy atom. The number of hydrogen-bond acceptors (Lipinski definition) is 5. The van der Waals surface area contributed by atoms with Gasteiger partial charge in [-0.2, -0.15) is 0 Å². The summed E-state index contributed by atoms with van der Waals surface area (Å²) in [5.74, 6) is 0.857. The Kier molecular flexibility index (Phi) is 4.22. The maximum Gasteiger partial charge on any atom is 0.212 e. The highest BCUT2D eigenvalue weighted by Gasteiger charge is 2.11. The highest BCUT2D eigenvalue weighted by molar-refractivity contribution is 7.73. The van der Waals surface area contributed by atoms with Crippen molar-refractivity contribution in [2.24, 2.45) is 4.99 Å². The van der Waals surface area contributed by atoms with Crippen LogP contribution in [0.2, 0.25) is 0 Å². The second-order valence-electron chi connectivity index (χ2n) is 4.77. The van der Waals surface area contributed by atoms with Crippen LogP contribution in [0.3, 0.4) is 0 Å². The number of aryl methyl sites for hydroxylation is 1. The van der Waals surface area contributed by atoms with Crippen molar-refractivity contribution in [2.75, 3.05) is 0 Å². The van der Waals surface area contributed by atoms with Crippen LogP contribution in [0, 0.1) is 10.9 Å². The molecule has 0 atom stereocenters. The van der Waals surface area contributed by atoms with Gasteiger partial charge in [0.15, 0.2) is 3.95 Å². The lowest BCUT2D eigenvalue weighted by Gasteiger charge is -2.01. The molecule has 1 aromatic carbocycles. The topological polar surface area (TPSA) is 50.7 Å². The van der Waals surface area contributed by atoms with Crippen LogP contribution in [0.1, 0.15) is 16.2 Å². The molecular weight excluding hydrogens is 316 g/mol. The van der Waals surface area contributed by atoms with Gasteiger partial charge in [-0.3, -0.25) is 9.56 Å². The molecule has 0 amide bonds. The summed E-state index contributed by atoms with van der Waals surface area (Å²) in [6, 6.07) is 11.5. The summed E-state index contributed by atoms with van der Waals surface area (Å²) in [4.78, 5) is 5.07. The summed E-state index contributed by atoms with van der Waals surface area (Å²) < 4.78 is 7.51. The third-order valence-electron chi connectivity index (χ3n) is 3.22. The van der Waals surface area contributed by atoms with E-state index in [1.165, 1.54) is 11.3 Å². The first kappa shape index (κ1) is 14.7. The first-order valence-corrected chi connectivity index (χ1v) is 7.92. The van der Waals surface area contributed by atoms with Crippen molar-refractivity contribution >= 4 is 35.5 Å². The molecule has 0 bridgehead atoms. The van der Waals surface area contributed by atoms with Crippen molar-refractivity contribution in [3.63, 3.8) is 0 Å². The third-order valence-corrected chi connectivity index (χ3v) is 4.60. The van der Waals surface area contributed by atoms with Crippen molar-refractivity contribution in [1.82, 2.24) is 4.57 Å². The van der Waals surface area contributed by atoms with Crippen LogP contribution in [0.4, 0.5) is 5.69 Å². The van der Waals surface area contributed by atoms with Gasteiger partial charge in [0.05, 0.1) is 24.7 Å². The van der Waals surface area contributed by atoms with E-state index in [0.717, 1.165) is 17.0 Å². The molecule has 4 nitrogen and oxygen atoms in total. The molecule has 0 fully saturated rings. The lowest BCUT2D eigenvalue weighted by atomic mass is 10.2. The van der Waals surface area contributed by atoms with E-state index in [-0.39, 0.29) is 5.88 Å². The van der Waals surface area contributed by atoms with Gasteiger partial charge >= 0.3 is 0 Å². The van der Waals surface area contributed by atoms with Crippen molar-refractivity contribution in [3.8, 4) is 5.88 Å². The fourth-order valence-electron chi connectivity index (χ4n) is 2.03. The number of benzene rings is 1. The molecule has 0 aliphatic carbocycles. The smallest absolute Gasteiger partial charge is 0.212 e. The van der Waals surface area contributed by atoms with Crippen molar-refractivity contribution < 1.29 is 9.52 Å². The monoisotopic (exact) mass is 330 g/mol. The molecule has 2 heterocycles. The Labute approximate surface area is 137 Å². The van der Waals surface area contributed by atoms with Gasteiger partial charge in [0, 0.05) is 0 Å². The molecule has 0 aliphatic heterocycles. The fraction of sp³-hybridized carbons (Fsp3) is 0.125. The van der Waals surface area contributed by atoms with E-state index in [9.17, 15) is 5.11 Å². The van der Waals surface area contributed by atoms with Crippen molar-refractivity contribution in [1.29, 1.82) is 0 Å². The molecule has 2 aromatic heterocycles. The van der Waals surface area contributed by atoms with Crippen LogP contribution < -0.4 is 0 Å². The Morgan fingerprint density at radius 3 is 2.86 bits per heavy atom. The van der Waals surface area contributed by atoms with Gasteiger partial charge in [0.1, 0.15) is 10.6 Å². The largest absolute Gasteiger partial charge is 0.493 e. The van der Waals surface area contributed by atoms with Gasteiger partial charge in [0.25, 0.3) is 0 Å². The van der Waals surface area contributed by atoms with Crippen LogP contribution in [-0.4, -0.2) is 15.9 Å². The summed E-state index contributed by atoms with van der Waals surface area (Å²) >= 11 is 6.63. The zero-order valence-electron chi connectivity index (χ0n) is 11.9. The standard InChI is InChI=1S/C16H14N2O2S2/c1-11-5-2-3-7-13(11)17-9-14-15(19)18(16(21)22-14)10-12-6-4-8-20-12/h2-9,19H,10H2,1H3. The van der Waals surface area contributed by atoms with Crippen LogP contribution in [0.15, 0.2) is 52.1 Å². The summed E-state index contributed by atoms with van der Waals surface area (Å²) in [6.07, 6.45) is 3.25. The normalized spacial score (nSPS) is 11.3. The molecule has 1 N–H and O–H groups in total. The van der Waals surface area contributed by atoms with Crippen LogP contribution in [0.5, 0.6) is 5.88 Å². The predicted molar refractivity (Wildman–Crippen MR) is 91.1 cm³/mol. The molecule has 112 valence electrons. The summed E-state index contributed by atoms with van der Waals surface area (Å²) in [5.41, 5.74) is 1.95. The number of furan rings is 1. The van der Waals surface area contributed by atoms with Crippen LogP contribution in [-0.2, 0) is 6.54 Å². The summed E-state index contributed by atoms with van der Waals surface area (Å²) in [6.45, 7) is 2.41. The first-order valence-electron chi connectivity index (χ1n) is 6.70.